The molecule has 21 heavy (non-hydrogen) atoms. The second-order valence-corrected chi connectivity index (χ2v) is 4.63. The van der Waals surface area contributed by atoms with Gasteiger partial charge in [0.15, 0.2) is 0 Å². The third kappa shape index (κ3) is 3.33. The minimum Gasteiger partial charge on any atom is -0.480 e. The van der Waals surface area contributed by atoms with Gasteiger partial charge in [-0.25, -0.2) is 4.79 Å². The fourth-order valence-electron chi connectivity index (χ4n) is 2.14. The first-order valence-corrected chi connectivity index (χ1v) is 6.22. The van der Waals surface area contributed by atoms with E-state index in [2.05, 4.69) is 5.32 Å². The summed E-state index contributed by atoms with van der Waals surface area (Å²) < 4.78 is 37.4. The average Bonchev–Trinajstić information content (AvgIpc) is 2.45. The van der Waals surface area contributed by atoms with Crippen LogP contribution < -0.4 is 5.32 Å². The highest BCUT2D eigenvalue weighted by molar-refractivity contribution is 5.96. The molecule has 1 amide bonds. The molecular formula is C13H13F3N2O3. The van der Waals surface area contributed by atoms with E-state index in [1.807, 2.05) is 0 Å². The molecular weight excluding hydrogens is 289 g/mol. The molecule has 1 atom stereocenters. The van der Waals surface area contributed by atoms with Crippen LogP contribution in [0, 0.1) is 0 Å². The first-order valence-electron chi connectivity index (χ1n) is 6.22. The summed E-state index contributed by atoms with van der Waals surface area (Å²) in [6.45, 7) is 0.745. The summed E-state index contributed by atoms with van der Waals surface area (Å²) in [7, 11) is 0. The number of nitrogens with zero attached hydrogens (tertiary/aromatic N) is 1. The molecule has 1 heterocycles. The molecule has 0 bridgehead atoms. The maximum atomic E-state index is 12.5. The van der Waals surface area contributed by atoms with Crippen LogP contribution in [0.1, 0.15) is 15.9 Å². The van der Waals surface area contributed by atoms with Gasteiger partial charge in [0, 0.05) is 25.2 Å². The summed E-state index contributed by atoms with van der Waals surface area (Å²) in [5.41, 5.74) is -0.815. The van der Waals surface area contributed by atoms with Crippen molar-refractivity contribution in [2.75, 3.05) is 19.6 Å². The Balaban J connectivity index is 2.20. The Labute approximate surface area is 118 Å². The molecule has 2 rings (SSSR count). The number of hydrogen-bond donors (Lipinski definition) is 2. The van der Waals surface area contributed by atoms with Crippen LogP contribution >= 0.6 is 0 Å². The van der Waals surface area contributed by atoms with Crippen molar-refractivity contribution in [1.82, 2.24) is 10.2 Å². The molecule has 0 aromatic heterocycles. The van der Waals surface area contributed by atoms with Gasteiger partial charge in [0.1, 0.15) is 6.04 Å². The van der Waals surface area contributed by atoms with E-state index in [0.29, 0.717) is 6.54 Å². The topological polar surface area (TPSA) is 69.6 Å². The molecule has 1 saturated heterocycles. The van der Waals surface area contributed by atoms with Gasteiger partial charge in [0.05, 0.1) is 5.56 Å². The van der Waals surface area contributed by atoms with Crippen LogP contribution in [-0.4, -0.2) is 47.6 Å². The van der Waals surface area contributed by atoms with Crippen molar-refractivity contribution < 1.29 is 27.9 Å². The maximum Gasteiger partial charge on any atom is 0.416 e. The summed E-state index contributed by atoms with van der Waals surface area (Å²) >= 11 is 0. The number of nitrogens with one attached hydrogen (secondary N) is 1. The van der Waals surface area contributed by atoms with Crippen LogP contribution in [0.2, 0.25) is 0 Å². The molecule has 1 aromatic carbocycles. The standard InChI is InChI=1S/C13H13F3N2O3/c14-13(15,16)9-3-1-8(2-4-9)11(19)18-6-5-17-7-10(18)12(20)21/h1-4,10,17H,5-7H2,(H,20,21). The summed E-state index contributed by atoms with van der Waals surface area (Å²) in [5.74, 6) is -1.74. The third-order valence-corrected chi connectivity index (χ3v) is 3.25. The molecule has 1 aliphatic heterocycles. The van der Waals surface area contributed by atoms with Gasteiger partial charge >= 0.3 is 12.1 Å². The number of aliphatic carboxylic acids is 1. The lowest BCUT2D eigenvalue weighted by atomic mass is 10.1. The van der Waals surface area contributed by atoms with Gasteiger partial charge < -0.3 is 15.3 Å². The summed E-state index contributed by atoms with van der Waals surface area (Å²) in [4.78, 5) is 24.5. The number of rotatable bonds is 2. The molecule has 0 saturated carbocycles. The first-order chi connectivity index (χ1) is 9.80. The number of halogens is 3. The van der Waals surface area contributed by atoms with E-state index >= 15 is 0 Å². The number of carbonyl (C=O) groups is 2. The predicted octanol–water partition coefficient (Wildman–Crippen LogP) is 1.20. The minimum atomic E-state index is -4.47. The van der Waals surface area contributed by atoms with Crippen LogP contribution in [0.25, 0.3) is 0 Å². The fraction of sp³-hybridized carbons (Fsp3) is 0.385. The maximum absolute atomic E-state index is 12.5. The van der Waals surface area contributed by atoms with E-state index in [1.54, 1.807) is 0 Å². The van der Waals surface area contributed by atoms with Gasteiger partial charge in [-0.2, -0.15) is 13.2 Å². The Morgan fingerprint density at radius 3 is 2.38 bits per heavy atom. The highest BCUT2D eigenvalue weighted by Gasteiger charge is 2.33. The molecule has 8 heteroatoms. The summed E-state index contributed by atoms with van der Waals surface area (Å²) in [6.07, 6.45) is -4.47. The van der Waals surface area contributed by atoms with Crippen molar-refractivity contribution >= 4 is 11.9 Å². The largest absolute Gasteiger partial charge is 0.480 e. The van der Waals surface area contributed by atoms with E-state index in [0.717, 1.165) is 29.2 Å². The van der Waals surface area contributed by atoms with Gasteiger partial charge in [-0.05, 0) is 24.3 Å². The zero-order valence-corrected chi connectivity index (χ0v) is 10.9. The van der Waals surface area contributed by atoms with Crippen molar-refractivity contribution in [2.45, 2.75) is 12.2 Å². The Kier molecular flexibility index (Phi) is 4.17. The zero-order valence-electron chi connectivity index (χ0n) is 10.9. The van der Waals surface area contributed by atoms with Crippen molar-refractivity contribution in [3.63, 3.8) is 0 Å². The summed E-state index contributed by atoms with van der Waals surface area (Å²) in [5, 5.41) is 11.9. The van der Waals surface area contributed by atoms with E-state index in [-0.39, 0.29) is 18.7 Å². The average molecular weight is 302 g/mol. The Hall–Kier alpha value is -2.09. The molecule has 1 fully saturated rings. The smallest absolute Gasteiger partial charge is 0.416 e. The van der Waals surface area contributed by atoms with E-state index in [1.165, 1.54) is 0 Å². The van der Waals surface area contributed by atoms with Crippen molar-refractivity contribution in [3.05, 3.63) is 35.4 Å². The quantitative estimate of drug-likeness (QED) is 0.861. The molecule has 0 spiro atoms. The molecule has 0 aliphatic carbocycles. The number of alkyl halides is 3. The molecule has 2 N–H and O–H groups in total. The SMILES string of the molecule is O=C(O)C1CNCCN1C(=O)c1ccc(C(F)(F)F)cc1. The molecule has 0 radical (unpaired) electrons. The van der Waals surface area contributed by atoms with E-state index in [9.17, 15) is 22.8 Å². The van der Waals surface area contributed by atoms with Crippen LogP contribution in [-0.2, 0) is 11.0 Å². The lowest BCUT2D eigenvalue weighted by molar-refractivity contribution is -0.142. The zero-order chi connectivity index (χ0) is 15.6. The van der Waals surface area contributed by atoms with E-state index < -0.39 is 29.7 Å². The minimum absolute atomic E-state index is 0.0381. The predicted molar refractivity (Wildman–Crippen MR) is 66.8 cm³/mol. The summed E-state index contributed by atoms with van der Waals surface area (Å²) in [6, 6.07) is 2.72. The Morgan fingerprint density at radius 1 is 1.24 bits per heavy atom. The van der Waals surface area contributed by atoms with Gasteiger partial charge in [0.2, 0.25) is 0 Å². The van der Waals surface area contributed by atoms with Crippen molar-refractivity contribution in [3.8, 4) is 0 Å². The number of hydrogen-bond acceptors (Lipinski definition) is 3. The van der Waals surface area contributed by atoms with Crippen molar-refractivity contribution in [2.24, 2.45) is 0 Å². The number of piperazine rings is 1. The number of benzene rings is 1. The highest BCUT2D eigenvalue weighted by Crippen LogP contribution is 2.29. The molecule has 5 nitrogen and oxygen atoms in total. The molecule has 114 valence electrons. The van der Waals surface area contributed by atoms with E-state index in [4.69, 9.17) is 5.11 Å². The van der Waals surface area contributed by atoms with Crippen LogP contribution in [0.15, 0.2) is 24.3 Å². The number of amides is 1. The molecule has 1 aliphatic rings. The fourth-order valence-corrected chi connectivity index (χ4v) is 2.14. The first kappa shape index (κ1) is 15.3. The highest BCUT2D eigenvalue weighted by atomic mass is 19.4. The van der Waals surface area contributed by atoms with Crippen LogP contribution in [0.3, 0.4) is 0 Å². The van der Waals surface area contributed by atoms with Gasteiger partial charge in [-0.3, -0.25) is 4.79 Å². The third-order valence-electron chi connectivity index (χ3n) is 3.25. The van der Waals surface area contributed by atoms with Crippen LogP contribution in [0.5, 0.6) is 0 Å². The number of carboxylic acids is 1. The van der Waals surface area contributed by atoms with Gasteiger partial charge in [0.25, 0.3) is 5.91 Å². The molecule has 1 unspecified atom stereocenters. The van der Waals surface area contributed by atoms with Gasteiger partial charge in [-0.1, -0.05) is 0 Å². The monoisotopic (exact) mass is 302 g/mol. The second-order valence-electron chi connectivity index (χ2n) is 4.63. The van der Waals surface area contributed by atoms with Gasteiger partial charge in [-0.15, -0.1) is 0 Å². The second kappa shape index (κ2) is 5.72. The normalized spacial score (nSPS) is 19.4. The lowest BCUT2D eigenvalue weighted by Crippen LogP contribution is -2.56. The molecule has 1 aromatic rings. The van der Waals surface area contributed by atoms with Crippen LogP contribution in [0.4, 0.5) is 13.2 Å². The number of carbonyl (C=O) groups excluding carboxylic acids is 1. The Morgan fingerprint density at radius 2 is 1.86 bits per heavy atom. The lowest BCUT2D eigenvalue weighted by Gasteiger charge is -2.33. The van der Waals surface area contributed by atoms with Crippen molar-refractivity contribution in [1.29, 1.82) is 0 Å². The Bertz CT molecular complexity index is 543. The number of carboxylic acid groups (broad SMARTS) is 1.